The maximum absolute atomic E-state index is 13.0. The Morgan fingerprint density at radius 1 is 0.857 bits per heavy atom. The van der Waals surface area contributed by atoms with Crippen LogP contribution in [0.15, 0.2) is 53.8 Å². The molecule has 35 heavy (non-hydrogen) atoms. The number of H-pyrrole nitrogens is 1. The van der Waals surface area contributed by atoms with Gasteiger partial charge < -0.3 is 28.7 Å². The molecule has 0 spiro atoms. The summed E-state index contributed by atoms with van der Waals surface area (Å²) < 4.78 is 53.2. The topological polar surface area (TPSA) is 122 Å². The first-order valence-corrected chi connectivity index (χ1v) is 12.2. The van der Waals surface area contributed by atoms with Crippen molar-refractivity contribution in [2.24, 2.45) is 0 Å². The molecule has 0 saturated carbocycles. The number of methoxy groups -OCH3 is 4. The fraction of sp³-hybridized carbons (Fsp3) is 0.250. The molecule has 0 unspecified atom stereocenters. The Kier molecular flexibility index (Phi) is 6.97. The Hall–Kier alpha value is -3.99. The molecule has 2 heterocycles. The lowest BCUT2D eigenvalue weighted by atomic mass is 10.2. The Bertz CT molecular complexity index is 1450. The third kappa shape index (κ3) is 5.09. The van der Waals surface area contributed by atoms with Crippen LogP contribution in [0.4, 0.5) is 0 Å². The molecule has 11 heteroatoms. The number of ether oxygens (including phenoxy) is 5. The smallest absolute Gasteiger partial charge is 0.226 e. The molecule has 10 nitrogen and oxygen atoms in total. The summed E-state index contributed by atoms with van der Waals surface area (Å²) in [6.07, 6.45) is 1.60. The van der Waals surface area contributed by atoms with E-state index in [1.165, 1.54) is 14.2 Å². The zero-order valence-electron chi connectivity index (χ0n) is 19.7. The van der Waals surface area contributed by atoms with E-state index in [4.69, 9.17) is 23.7 Å². The molecule has 1 N–H and O–H groups in total. The highest BCUT2D eigenvalue weighted by Gasteiger charge is 2.21. The predicted octanol–water partition coefficient (Wildman–Crippen LogP) is 3.55. The summed E-state index contributed by atoms with van der Waals surface area (Å²) in [5, 5.41) is -0.115. The van der Waals surface area contributed by atoms with E-state index in [0.29, 0.717) is 51.0 Å². The van der Waals surface area contributed by atoms with Crippen LogP contribution in [-0.2, 0) is 22.2 Å². The number of benzene rings is 2. The quantitative estimate of drug-likeness (QED) is 0.349. The fourth-order valence-electron chi connectivity index (χ4n) is 3.55. The van der Waals surface area contributed by atoms with Crippen LogP contribution in [0, 0.1) is 0 Å². The van der Waals surface area contributed by atoms with Gasteiger partial charge in [-0.2, -0.15) is 0 Å². The minimum atomic E-state index is -3.75. The highest BCUT2D eigenvalue weighted by Crippen LogP contribution is 2.33. The second-order valence-electron chi connectivity index (χ2n) is 7.45. The van der Waals surface area contributed by atoms with Crippen molar-refractivity contribution in [2.75, 3.05) is 28.4 Å². The molecule has 0 fully saturated rings. The number of sulfone groups is 1. The summed E-state index contributed by atoms with van der Waals surface area (Å²) in [6, 6.07) is 11.7. The van der Waals surface area contributed by atoms with Crippen LogP contribution in [0.25, 0.3) is 11.0 Å². The number of hydrogen-bond donors (Lipinski definition) is 1. The molecule has 0 aliphatic carbocycles. The van der Waals surface area contributed by atoms with E-state index in [1.807, 2.05) is 0 Å². The van der Waals surface area contributed by atoms with Gasteiger partial charge in [-0.3, -0.25) is 4.98 Å². The highest BCUT2D eigenvalue weighted by atomic mass is 32.2. The SMILES string of the molecule is COc1ccc2nc(S(=O)(=O)Cc3ccc(OCc4nccc(OC)c4OC)c(OC)c3)[nH]c2c1. The average Bonchev–Trinajstić information content (AvgIpc) is 3.31. The Morgan fingerprint density at radius 3 is 2.37 bits per heavy atom. The molecule has 0 amide bonds. The van der Waals surface area contributed by atoms with E-state index >= 15 is 0 Å². The van der Waals surface area contributed by atoms with Gasteiger partial charge in [0.1, 0.15) is 18.1 Å². The largest absolute Gasteiger partial charge is 0.497 e. The summed E-state index contributed by atoms with van der Waals surface area (Å²) in [5.74, 6) is 2.15. The molecule has 0 aliphatic rings. The molecule has 0 bridgehead atoms. The van der Waals surface area contributed by atoms with Crippen LogP contribution in [0.1, 0.15) is 11.3 Å². The summed E-state index contributed by atoms with van der Waals surface area (Å²) in [6.45, 7) is 0.0941. The van der Waals surface area contributed by atoms with Gasteiger partial charge in [-0.25, -0.2) is 13.4 Å². The molecule has 4 aromatic rings. The summed E-state index contributed by atoms with van der Waals surface area (Å²) in [4.78, 5) is 11.4. The van der Waals surface area contributed by atoms with Crippen molar-refractivity contribution in [3.63, 3.8) is 0 Å². The second kappa shape index (κ2) is 10.1. The third-order valence-corrected chi connectivity index (χ3v) is 6.77. The summed E-state index contributed by atoms with van der Waals surface area (Å²) >= 11 is 0. The first-order valence-electron chi connectivity index (χ1n) is 10.5. The van der Waals surface area contributed by atoms with E-state index < -0.39 is 9.84 Å². The average molecular weight is 500 g/mol. The van der Waals surface area contributed by atoms with Crippen LogP contribution in [-0.4, -0.2) is 51.8 Å². The van der Waals surface area contributed by atoms with Gasteiger partial charge in [0, 0.05) is 18.3 Å². The lowest BCUT2D eigenvalue weighted by Crippen LogP contribution is -2.08. The molecule has 0 atom stereocenters. The molecular formula is C24H25N3O7S. The first-order chi connectivity index (χ1) is 16.9. The monoisotopic (exact) mass is 499 g/mol. The molecule has 184 valence electrons. The normalized spacial score (nSPS) is 11.3. The first kappa shape index (κ1) is 24.1. The van der Waals surface area contributed by atoms with Crippen molar-refractivity contribution in [3.05, 3.63) is 59.9 Å². The predicted molar refractivity (Wildman–Crippen MR) is 128 cm³/mol. The van der Waals surface area contributed by atoms with Gasteiger partial charge in [-0.15, -0.1) is 0 Å². The molecule has 2 aromatic carbocycles. The standard InChI is InChI=1S/C24H25N3O7S/c1-30-16-6-7-17-18(12-16)27-24(26-17)35(28,29)14-15-5-8-20(22(11-15)32-3)34-13-19-23(33-4)21(31-2)9-10-25-19/h5-12H,13-14H2,1-4H3,(H,26,27). The Balaban J connectivity index is 1.53. The molecule has 0 radical (unpaired) electrons. The number of pyridine rings is 1. The third-order valence-electron chi connectivity index (χ3n) is 5.28. The lowest BCUT2D eigenvalue weighted by Gasteiger charge is -2.14. The molecule has 2 aromatic heterocycles. The van der Waals surface area contributed by atoms with Crippen LogP contribution in [0.5, 0.6) is 28.7 Å². The van der Waals surface area contributed by atoms with E-state index in [0.717, 1.165) is 0 Å². The van der Waals surface area contributed by atoms with Gasteiger partial charge in [0.05, 0.1) is 45.2 Å². The fourth-order valence-corrected chi connectivity index (χ4v) is 4.81. The van der Waals surface area contributed by atoms with Crippen LogP contribution < -0.4 is 23.7 Å². The molecule has 4 rings (SSSR count). The molecular weight excluding hydrogens is 474 g/mol. The summed E-state index contributed by atoms with van der Waals surface area (Å²) in [7, 11) is 2.34. The number of nitrogens with zero attached hydrogens (tertiary/aromatic N) is 2. The van der Waals surface area contributed by atoms with Crippen molar-refractivity contribution in [1.82, 2.24) is 15.0 Å². The van der Waals surface area contributed by atoms with Gasteiger partial charge in [-0.05, 0) is 29.8 Å². The number of aromatic nitrogens is 3. The van der Waals surface area contributed by atoms with E-state index in [1.54, 1.807) is 62.9 Å². The minimum absolute atomic E-state index is 0.0941. The number of imidazole rings is 1. The lowest BCUT2D eigenvalue weighted by molar-refractivity contribution is 0.269. The number of fused-ring (bicyclic) bond motifs is 1. The molecule has 0 aliphatic heterocycles. The van der Waals surface area contributed by atoms with Crippen molar-refractivity contribution in [2.45, 2.75) is 17.5 Å². The number of nitrogens with one attached hydrogen (secondary N) is 1. The summed E-state index contributed by atoms with van der Waals surface area (Å²) in [5.41, 5.74) is 2.17. The van der Waals surface area contributed by atoms with E-state index in [9.17, 15) is 8.42 Å². The molecule has 0 saturated heterocycles. The zero-order valence-corrected chi connectivity index (χ0v) is 20.5. The zero-order chi connectivity index (χ0) is 25.0. The Morgan fingerprint density at radius 2 is 1.66 bits per heavy atom. The van der Waals surface area contributed by atoms with E-state index in [-0.39, 0.29) is 17.5 Å². The minimum Gasteiger partial charge on any atom is -0.497 e. The van der Waals surface area contributed by atoms with Gasteiger partial charge in [0.2, 0.25) is 15.0 Å². The van der Waals surface area contributed by atoms with Crippen LogP contribution in [0.2, 0.25) is 0 Å². The van der Waals surface area contributed by atoms with Gasteiger partial charge in [0.15, 0.2) is 23.0 Å². The second-order valence-corrected chi connectivity index (χ2v) is 9.36. The van der Waals surface area contributed by atoms with Crippen LogP contribution >= 0.6 is 0 Å². The van der Waals surface area contributed by atoms with Crippen molar-refractivity contribution >= 4 is 20.9 Å². The Labute approximate surface area is 202 Å². The maximum Gasteiger partial charge on any atom is 0.226 e. The van der Waals surface area contributed by atoms with Gasteiger partial charge >= 0.3 is 0 Å². The highest BCUT2D eigenvalue weighted by molar-refractivity contribution is 7.90. The number of hydrogen-bond acceptors (Lipinski definition) is 9. The van der Waals surface area contributed by atoms with E-state index in [2.05, 4.69) is 15.0 Å². The maximum atomic E-state index is 13.0. The van der Waals surface area contributed by atoms with Crippen LogP contribution in [0.3, 0.4) is 0 Å². The number of rotatable bonds is 10. The van der Waals surface area contributed by atoms with Gasteiger partial charge in [-0.1, -0.05) is 6.07 Å². The number of aromatic amines is 1. The van der Waals surface area contributed by atoms with Crippen molar-refractivity contribution in [1.29, 1.82) is 0 Å². The van der Waals surface area contributed by atoms with Crippen molar-refractivity contribution < 1.29 is 32.1 Å². The van der Waals surface area contributed by atoms with Gasteiger partial charge in [0.25, 0.3) is 0 Å². The van der Waals surface area contributed by atoms with Crippen molar-refractivity contribution in [3.8, 4) is 28.7 Å².